The molecule has 4 rings (SSSR count). The summed E-state index contributed by atoms with van der Waals surface area (Å²) in [6, 6.07) is 5.64. The first kappa shape index (κ1) is 16.0. The predicted octanol–water partition coefficient (Wildman–Crippen LogP) is 3.55. The SMILES string of the molecule is O=c1onc(-c2ccnc3c2CC(CCl)=N3)n1-c1ccc(F)c(Cl)c1. The van der Waals surface area contributed by atoms with Gasteiger partial charge in [0, 0.05) is 29.5 Å². The number of rotatable bonds is 3. The van der Waals surface area contributed by atoms with Crippen molar-refractivity contribution in [2.24, 2.45) is 4.99 Å². The van der Waals surface area contributed by atoms with Crippen molar-refractivity contribution in [1.82, 2.24) is 14.7 Å². The molecular formula is C16H9Cl2FN4O2. The fourth-order valence-electron chi connectivity index (χ4n) is 2.70. The number of fused-ring (bicyclic) bond motifs is 1. The highest BCUT2D eigenvalue weighted by atomic mass is 35.5. The van der Waals surface area contributed by atoms with Crippen LogP contribution in [-0.4, -0.2) is 26.3 Å². The van der Waals surface area contributed by atoms with E-state index in [9.17, 15) is 9.18 Å². The van der Waals surface area contributed by atoms with E-state index in [1.807, 2.05) is 0 Å². The second-order valence-corrected chi connectivity index (χ2v) is 6.03. The minimum Gasteiger partial charge on any atom is -0.295 e. The molecule has 0 N–H and O–H groups in total. The molecule has 3 aromatic rings. The van der Waals surface area contributed by atoms with Crippen LogP contribution < -0.4 is 5.76 Å². The third-order valence-corrected chi connectivity index (χ3v) is 4.44. The van der Waals surface area contributed by atoms with Crippen LogP contribution in [0.15, 0.2) is 44.8 Å². The minimum absolute atomic E-state index is 0.107. The van der Waals surface area contributed by atoms with E-state index in [0.29, 0.717) is 23.5 Å². The fraction of sp³-hybridized carbons (Fsp3) is 0.125. The van der Waals surface area contributed by atoms with Crippen LogP contribution in [0.2, 0.25) is 5.02 Å². The third kappa shape index (κ3) is 2.65. The number of hydrogen-bond acceptors (Lipinski definition) is 5. The van der Waals surface area contributed by atoms with Crippen molar-refractivity contribution in [3.05, 3.63) is 57.4 Å². The molecule has 1 aliphatic rings. The zero-order valence-corrected chi connectivity index (χ0v) is 14.1. The Kier molecular flexibility index (Phi) is 3.89. The molecule has 6 nitrogen and oxygen atoms in total. The molecule has 3 heterocycles. The Balaban J connectivity index is 1.89. The van der Waals surface area contributed by atoms with Crippen LogP contribution in [0, 0.1) is 5.82 Å². The van der Waals surface area contributed by atoms with E-state index in [1.165, 1.54) is 22.8 Å². The van der Waals surface area contributed by atoms with Gasteiger partial charge in [0.05, 0.1) is 16.6 Å². The van der Waals surface area contributed by atoms with Gasteiger partial charge in [0.15, 0.2) is 11.6 Å². The van der Waals surface area contributed by atoms with Crippen LogP contribution in [0.4, 0.5) is 10.2 Å². The fourth-order valence-corrected chi connectivity index (χ4v) is 3.03. The van der Waals surface area contributed by atoms with E-state index in [1.54, 1.807) is 12.3 Å². The Morgan fingerprint density at radius 3 is 2.92 bits per heavy atom. The number of nitrogens with zero attached hydrogens (tertiary/aromatic N) is 4. The van der Waals surface area contributed by atoms with Crippen LogP contribution in [0.25, 0.3) is 17.1 Å². The molecule has 25 heavy (non-hydrogen) atoms. The number of aromatic nitrogens is 3. The summed E-state index contributed by atoms with van der Waals surface area (Å²) in [4.78, 5) is 20.7. The summed E-state index contributed by atoms with van der Waals surface area (Å²) >= 11 is 11.7. The molecule has 9 heteroatoms. The molecule has 0 saturated heterocycles. The second-order valence-electron chi connectivity index (χ2n) is 5.36. The Morgan fingerprint density at radius 1 is 1.32 bits per heavy atom. The average molecular weight is 379 g/mol. The zero-order chi connectivity index (χ0) is 17.6. The largest absolute Gasteiger partial charge is 0.446 e. The monoisotopic (exact) mass is 378 g/mol. The van der Waals surface area contributed by atoms with Crippen LogP contribution in [0.3, 0.4) is 0 Å². The highest BCUT2D eigenvalue weighted by Gasteiger charge is 2.24. The van der Waals surface area contributed by atoms with Crippen molar-refractivity contribution in [1.29, 1.82) is 0 Å². The Labute approximate surface area is 150 Å². The normalized spacial score (nSPS) is 13.0. The lowest BCUT2D eigenvalue weighted by molar-refractivity contribution is 0.383. The molecule has 0 fully saturated rings. The molecule has 0 aliphatic carbocycles. The van der Waals surface area contributed by atoms with Crippen molar-refractivity contribution in [2.45, 2.75) is 6.42 Å². The van der Waals surface area contributed by atoms with E-state index in [4.69, 9.17) is 27.7 Å². The standard InChI is InChI=1S/C16H9Cl2FN4O2/c17-7-8-5-11-10(3-4-20-14(11)21-8)15-22-25-16(24)23(15)9-1-2-13(19)12(18)6-9/h1-4,6H,5,7H2. The maximum absolute atomic E-state index is 13.4. The zero-order valence-electron chi connectivity index (χ0n) is 12.5. The summed E-state index contributed by atoms with van der Waals surface area (Å²) < 4.78 is 19.5. The number of hydrogen-bond donors (Lipinski definition) is 0. The third-order valence-electron chi connectivity index (χ3n) is 3.84. The number of halogens is 3. The highest BCUT2D eigenvalue weighted by Crippen LogP contribution is 2.33. The van der Waals surface area contributed by atoms with Crippen molar-refractivity contribution in [2.75, 3.05) is 5.88 Å². The second kappa shape index (κ2) is 6.09. The van der Waals surface area contributed by atoms with Gasteiger partial charge in [0.1, 0.15) is 5.82 Å². The Hall–Kier alpha value is -2.51. The summed E-state index contributed by atoms with van der Waals surface area (Å²) in [6.07, 6.45) is 2.07. The smallest absolute Gasteiger partial charge is 0.295 e. The van der Waals surface area contributed by atoms with E-state index in [2.05, 4.69) is 15.1 Å². The summed E-state index contributed by atoms with van der Waals surface area (Å²) in [5, 5.41) is 3.76. The van der Waals surface area contributed by atoms with Gasteiger partial charge in [-0.3, -0.25) is 4.52 Å². The van der Waals surface area contributed by atoms with Crippen LogP contribution in [0.1, 0.15) is 5.56 Å². The van der Waals surface area contributed by atoms with Gasteiger partial charge in [0.2, 0.25) is 0 Å². The lowest BCUT2D eigenvalue weighted by atomic mass is 10.1. The minimum atomic E-state index is -0.709. The van der Waals surface area contributed by atoms with Gasteiger partial charge in [-0.1, -0.05) is 16.8 Å². The molecule has 1 aliphatic heterocycles. The lowest BCUT2D eigenvalue weighted by Gasteiger charge is -2.08. The van der Waals surface area contributed by atoms with Crippen molar-refractivity contribution >= 4 is 34.7 Å². The number of aliphatic imine (C=N–C) groups is 1. The van der Waals surface area contributed by atoms with Gasteiger partial charge in [-0.15, -0.1) is 11.6 Å². The maximum Gasteiger partial charge on any atom is 0.446 e. The summed E-state index contributed by atoms with van der Waals surface area (Å²) in [6.45, 7) is 0. The Bertz CT molecular complexity index is 1070. The number of pyridine rings is 1. The molecule has 0 radical (unpaired) electrons. The first-order chi connectivity index (χ1) is 12.1. The molecule has 2 aromatic heterocycles. The van der Waals surface area contributed by atoms with Gasteiger partial charge in [-0.05, 0) is 24.3 Å². The number of alkyl halides is 1. The van der Waals surface area contributed by atoms with Crippen LogP contribution in [0.5, 0.6) is 0 Å². The van der Waals surface area contributed by atoms with Crippen molar-refractivity contribution in [3.63, 3.8) is 0 Å². The summed E-state index contributed by atoms with van der Waals surface area (Å²) in [7, 11) is 0. The molecule has 0 amide bonds. The molecule has 0 spiro atoms. The number of benzene rings is 1. The van der Waals surface area contributed by atoms with Crippen LogP contribution in [-0.2, 0) is 6.42 Å². The molecule has 0 bridgehead atoms. The van der Waals surface area contributed by atoms with Gasteiger partial charge in [0.25, 0.3) is 0 Å². The average Bonchev–Trinajstić information content (AvgIpc) is 3.20. The molecule has 0 saturated carbocycles. The van der Waals surface area contributed by atoms with Crippen molar-refractivity contribution < 1.29 is 8.91 Å². The highest BCUT2D eigenvalue weighted by molar-refractivity contribution is 6.31. The van der Waals surface area contributed by atoms with Crippen LogP contribution >= 0.6 is 23.2 Å². The first-order valence-corrected chi connectivity index (χ1v) is 8.14. The predicted molar refractivity (Wildman–Crippen MR) is 91.8 cm³/mol. The lowest BCUT2D eigenvalue weighted by Crippen LogP contribution is -2.14. The summed E-state index contributed by atoms with van der Waals surface area (Å²) in [5.74, 6) is -0.208. The van der Waals surface area contributed by atoms with Gasteiger partial charge < -0.3 is 0 Å². The summed E-state index contributed by atoms with van der Waals surface area (Å²) in [5.41, 5.74) is 2.56. The molecule has 0 unspecified atom stereocenters. The maximum atomic E-state index is 13.4. The van der Waals surface area contributed by atoms with E-state index < -0.39 is 11.6 Å². The van der Waals surface area contributed by atoms with Gasteiger partial charge in [-0.25, -0.2) is 23.7 Å². The van der Waals surface area contributed by atoms with E-state index in [0.717, 1.165) is 11.3 Å². The molecular weight excluding hydrogens is 370 g/mol. The van der Waals surface area contributed by atoms with E-state index in [-0.39, 0.29) is 16.7 Å². The van der Waals surface area contributed by atoms with Gasteiger partial charge in [-0.2, -0.15) is 0 Å². The molecule has 0 atom stereocenters. The van der Waals surface area contributed by atoms with Crippen molar-refractivity contribution in [3.8, 4) is 17.1 Å². The molecule has 126 valence electrons. The molecule has 1 aromatic carbocycles. The quantitative estimate of drug-likeness (QED) is 0.653. The van der Waals surface area contributed by atoms with Gasteiger partial charge >= 0.3 is 5.76 Å². The van der Waals surface area contributed by atoms with E-state index >= 15 is 0 Å². The Morgan fingerprint density at radius 2 is 2.16 bits per heavy atom. The first-order valence-electron chi connectivity index (χ1n) is 7.23. The topological polar surface area (TPSA) is 73.3 Å².